The average molecular weight is 503 g/mol. The molecule has 2 aromatic heterocycles. The van der Waals surface area contributed by atoms with Crippen molar-refractivity contribution in [2.75, 3.05) is 26.8 Å². The first-order valence-corrected chi connectivity index (χ1v) is 12.3. The fraction of sp³-hybridized carbons (Fsp3) is 0.296. The third-order valence-corrected chi connectivity index (χ3v) is 6.85. The molecular weight excluding hydrogens is 476 g/mol. The molecule has 8 nitrogen and oxygen atoms in total. The van der Waals surface area contributed by atoms with E-state index in [4.69, 9.17) is 21.3 Å². The summed E-state index contributed by atoms with van der Waals surface area (Å²) in [6.45, 7) is 1.70. The Morgan fingerprint density at radius 1 is 1.11 bits per heavy atom. The maximum absolute atomic E-state index is 12.1. The van der Waals surface area contributed by atoms with Crippen molar-refractivity contribution in [2.45, 2.75) is 25.2 Å². The maximum atomic E-state index is 12.1. The monoisotopic (exact) mass is 502 g/mol. The number of hydrogen-bond donors (Lipinski definition) is 0. The van der Waals surface area contributed by atoms with E-state index in [-0.39, 0.29) is 12.5 Å². The van der Waals surface area contributed by atoms with Crippen LogP contribution in [0.25, 0.3) is 16.8 Å². The zero-order valence-corrected chi connectivity index (χ0v) is 20.8. The lowest BCUT2D eigenvalue weighted by Gasteiger charge is -2.32. The van der Waals surface area contributed by atoms with E-state index in [0.717, 1.165) is 54.9 Å². The molecule has 0 N–H and O–H groups in total. The molecule has 1 aliphatic rings. The van der Waals surface area contributed by atoms with Gasteiger partial charge in [0.1, 0.15) is 12.9 Å². The van der Waals surface area contributed by atoms with E-state index in [9.17, 15) is 4.79 Å². The quantitative estimate of drug-likeness (QED) is 0.374. The van der Waals surface area contributed by atoms with Gasteiger partial charge >= 0.3 is 0 Å². The van der Waals surface area contributed by atoms with Gasteiger partial charge in [0.15, 0.2) is 0 Å². The summed E-state index contributed by atoms with van der Waals surface area (Å²) in [6.07, 6.45) is 6.10. The molecule has 3 heterocycles. The summed E-state index contributed by atoms with van der Waals surface area (Å²) in [5, 5.41) is 12.1. The van der Waals surface area contributed by atoms with Gasteiger partial charge in [-0.1, -0.05) is 41.9 Å². The molecule has 5 rings (SSSR count). The predicted molar refractivity (Wildman–Crippen MR) is 137 cm³/mol. The highest BCUT2D eigenvalue weighted by Gasteiger charge is 2.23. The fourth-order valence-electron chi connectivity index (χ4n) is 4.74. The molecule has 0 atom stereocenters. The number of benzene rings is 2. The van der Waals surface area contributed by atoms with Gasteiger partial charge < -0.3 is 9.64 Å². The molecule has 1 aliphatic heterocycles. The number of piperidine rings is 1. The van der Waals surface area contributed by atoms with Crippen LogP contribution in [0.2, 0.25) is 5.02 Å². The fourth-order valence-corrected chi connectivity index (χ4v) is 4.91. The van der Waals surface area contributed by atoms with Crippen molar-refractivity contribution in [3.63, 3.8) is 0 Å². The number of pyridine rings is 1. The Kier molecular flexibility index (Phi) is 7.34. The lowest BCUT2D eigenvalue weighted by Crippen LogP contribution is -2.39. The molecule has 1 saturated heterocycles. The second kappa shape index (κ2) is 11.0. The summed E-state index contributed by atoms with van der Waals surface area (Å²) in [7, 11) is 1.56. The highest BCUT2D eigenvalue weighted by atomic mass is 35.5. The Morgan fingerprint density at radius 3 is 2.69 bits per heavy atom. The molecule has 184 valence electrons. The summed E-state index contributed by atoms with van der Waals surface area (Å²) in [6, 6.07) is 18.4. The Labute approximate surface area is 214 Å². The van der Waals surface area contributed by atoms with Gasteiger partial charge in [0.05, 0.1) is 5.69 Å². The van der Waals surface area contributed by atoms with Crippen LogP contribution < -0.4 is 0 Å². The molecule has 1 fully saturated rings. The number of tetrazole rings is 1. The minimum absolute atomic E-state index is 0.0714. The van der Waals surface area contributed by atoms with Crippen molar-refractivity contribution in [2.24, 2.45) is 0 Å². The minimum atomic E-state index is 0.0714. The first kappa shape index (κ1) is 24.1. The van der Waals surface area contributed by atoms with E-state index in [1.807, 2.05) is 35.4 Å². The number of rotatable bonds is 7. The van der Waals surface area contributed by atoms with Crippen molar-refractivity contribution in [1.29, 1.82) is 0 Å². The zero-order valence-electron chi connectivity index (χ0n) is 20.0. The second-order valence-electron chi connectivity index (χ2n) is 8.96. The molecule has 0 bridgehead atoms. The van der Waals surface area contributed by atoms with E-state index < -0.39 is 0 Å². The molecule has 36 heavy (non-hydrogen) atoms. The lowest BCUT2D eigenvalue weighted by molar-refractivity contribution is -0.136. The predicted octanol–water partition coefficient (Wildman–Crippen LogP) is 4.32. The second-order valence-corrected chi connectivity index (χ2v) is 9.40. The van der Waals surface area contributed by atoms with E-state index in [1.165, 1.54) is 11.1 Å². The van der Waals surface area contributed by atoms with Gasteiger partial charge in [-0.15, -0.1) is 5.10 Å². The number of amides is 1. The number of carbonyl (C=O) groups excluding carboxylic acids is 1. The Morgan fingerprint density at radius 2 is 1.97 bits per heavy atom. The Bertz CT molecular complexity index is 1320. The van der Waals surface area contributed by atoms with Crippen molar-refractivity contribution < 1.29 is 9.53 Å². The summed E-state index contributed by atoms with van der Waals surface area (Å²) >= 11 is 6.28. The van der Waals surface area contributed by atoms with Gasteiger partial charge in [-0.2, -0.15) is 4.68 Å². The molecule has 0 saturated carbocycles. The summed E-state index contributed by atoms with van der Waals surface area (Å²) in [5.74, 6) is 0.529. The van der Waals surface area contributed by atoms with Crippen LogP contribution in [-0.4, -0.2) is 62.8 Å². The standard InChI is InChI=1S/C27H27ClN6O2/c1-36-17-27(35)33-11-9-20(10-12-33)21-4-2-3-19(13-21)14-24-7-5-22(16-29-24)25-15-23(28)6-8-26(25)34-18-30-31-32-34/h2-8,13,15-16,18,20H,9-12,14,17H2,1H3. The number of carbonyl (C=O) groups is 1. The number of ether oxygens (including phenoxy) is 1. The third-order valence-electron chi connectivity index (χ3n) is 6.61. The van der Waals surface area contributed by atoms with Crippen molar-refractivity contribution in [3.05, 3.63) is 89.0 Å². The molecule has 0 unspecified atom stereocenters. The maximum Gasteiger partial charge on any atom is 0.248 e. The highest BCUT2D eigenvalue weighted by molar-refractivity contribution is 6.31. The average Bonchev–Trinajstić information content (AvgIpc) is 3.44. The number of hydrogen-bond acceptors (Lipinski definition) is 6. The van der Waals surface area contributed by atoms with Gasteiger partial charge in [-0.3, -0.25) is 9.78 Å². The van der Waals surface area contributed by atoms with Gasteiger partial charge in [0.25, 0.3) is 0 Å². The third kappa shape index (κ3) is 5.45. The van der Waals surface area contributed by atoms with Crippen LogP contribution in [-0.2, 0) is 16.0 Å². The van der Waals surface area contributed by atoms with Crippen LogP contribution >= 0.6 is 11.6 Å². The smallest absolute Gasteiger partial charge is 0.248 e. The molecule has 0 spiro atoms. The molecule has 0 aliphatic carbocycles. The van der Waals surface area contributed by atoms with Crippen molar-refractivity contribution in [1.82, 2.24) is 30.1 Å². The molecule has 9 heteroatoms. The number of methoxy groups -OCH3 is 1. The molecule has 4 aromatic rings. The van der Waals surface area contributed by atoms with Crippen LogP contribution in [0.3, 0.4) is 0 Å². The number of nitrogens with zero attached hydrogens (tertiary/aromatic N) is 6. The number of aromatic nitrogens is 5. The first-order chi connectivity index (χ1) is 17.6. The van der Waals surface area contributed by atoms with Crippen LogP contribution in [0.5, 0.6) is 0 Å². The van der Waals surface area contributed by atoms with Gasteiger partial charge in [0, 0.05) is 54.7 Å². The lowest BCUT2D eigenvalue weighted by atomic mass is 9.88. The van der Waals surface area contributed by atoms with Gasteiger partial charge in [-0.25, -0.2) is 0 Å². The topological polar surface area (TPSA) is 86.0 Å². The normalized spacial score (nSPS) is 14.2. The van der Waals surface area contributed by atoms with Crippen LogP contribution in [0.4, 0.5) is 0 Å². The summed E-state index contributed by atoms with van der Waals surface area (Å²) in [4.78, 5) is 18.7. The van der Waals surface area contributed by atoms with E-state index in [2.05, 4.69) is 45.9 Å². The molecule has 2 aromatic carbocycles. The van der Waals surface area contributed by atoms with Gasteiger partial charge in [-0.05, 0) is 64.6 Å². The highest BCUT2D eigenvalue weighted by Crippen LogP contribution is 2.31. The summed E-state index contributed by atoms with van der Waals surface area (Å²) < 4.78 is 6.60. The molecule has 0 radical (unpaired) electrons. The van der Waals surface area contributed by atoms with Gasteiger partial charge in [0.2, 0.25) is 5.91 Å². The molecular formula is C27H27ClN6O2. The SMILES string of the molecule is COCC(=O)N1CCC(c2cccc(Cc3ccc(-c4cc(Cl)ccc4-n4cnnn4)cn3)c2)CC1. The van der Waals surface area contributed by atoms with E-state index in [0.29, 0.717) is 10.9 Å². The Hall–Kier alpha value is -3.62. The van der Waals surface area contributed by atoms with Crippen LogP contribution in [0.15, 0.2) is 67.1 Å². The zero-order chi connectivity index (χ0) is 24.9. The van der Waals surface area contributed by atoms with Crippen LogP contribution in [0.1, 0.15) is 35.6 Å². The molecule has 1 amide bonds. The van der Waals surface area contributed by atoms with E-state index >= 15 is 0 Å². The first-order valence-electron chi connectivity index (χ1n) is 11.9. The van der Waals surface area contributed by atoms with Crippen molar-refractivity contribution in [3.8, 4) is 16.8 Å². The Balaban J connectivity index is 1.28. The largest absolute Gasteiger partial charge is 0.375 e. The minimum Gasteiger partial charge on any atom is -0.375 e. The summed E-state index contributed by atoms with van der Waals surface area (Å²) in [5.41, 5.74) is 6.22. The van der Waals surface area contributed by atoms with Crippen LogP contribution in [0, 0.1) is 0 Å². The van der Waals surface area contributed by atoms with E-state index in [1.54, 1.807) is 18.1 Å². The van der Waals surface area contributed by atoms with Crippen molar-refractivity contribution >= 4 is 17.5 Å². The number of halogens is 1. The number of likely N-dealkylation sites (tertiary alicyclic amines) is 1.